The molecule has 1 aromatic rings. The molecule has 3 N–H and O–H groups in total. The molecule has 1 heterocycles. The Balaban J connectivity index is 2.11. The first-order valence-electron chi connectivity index (χ1n) is 5.03. The summed E-state index contributed by atoms with van der Waals surface area (Å²) in [5.74, 6) is -0.776. The molecule has 0 bridgehead atoms. The Kier molecular flexibility index (Phi) is 3.46. The van der Waals surface area contributed by atoms with Crippen molar-refractivity contribution in [1.82, 2.24) is 0 Å². The number of benzene rings is 1. The average Bonchev–Trinajstić information content (AvgIpc) is 2.62. The van der Waals surface area contributed by atoms with Crippen molar-refractivity contribution in [3.05, 3.63) is 23.8 Å². The lowest BCUT2D eigenvalue weighted by molar-refractivity contribution is -0.112. The van der Waals surface area contributed by atoms with Crippen molar-refractivity contribution in [2.45, 2.75) is 11.0 Å². The summed E-state index contributed by atoms with van der Waals surface area (Å²) in [5.41, 5.74) is 0.880. The maximum absolute atomic E-state index is 11.3. The van der Waals surface area contributed by atoms with Crippen LogP contribution in [-0.4, -0.2) is 40.4 Å². The number of carbonyl (C=O) groups excluding carboxylic acids is 2. The molecule has 5 nitrogen and oxygen atoms in total. The minimum atomic E-state index is -0.774. The van der Waals surface area contributed by atoms with Crippen molar-refractivity contribution in [2.75, 3.05) is 17.7 Å². The number of aliphatic hydroxyl groups excluding tert-OH is 2. The van der Waals surface area contributed by atoms with E-state index in [-0.39, 0.29) is 6.61 Å². The van der Waals surface area contributed by atoms with E-state index in [1.807, 2.05) is 0 Å². The molecular weight excluding hydrogens is 242 g/mol. The van der Waals surface area contributed by atoms with Gasteiger partial charge in [0, 0.05) is 10.6 Å². The van der Waals surface area contributed by atoms with Crippen LogP contribution in [0.3, 0.4) is 0 Å². The molecule has 90 valence electrons. The van der Waals surface area contributed by atoms with Crippen LogP contribution in [0.2, 0.25) is 0 Å². The van der Waals surface area contributed by atoms with Gasteiger partial charge in [-0.3, -0.25) is 9.59 Å². The molecule has 1 aliphatic rings. The number of fused-ring (bicyclic) bond motifs is 1. The first kappa shape index (κ1) is 12.1. The number of aliphatic hydroxyl groups is 2. The molecule has 1 aliphatic heterocycles. The van der Waals surface area contributed by atoms with E-state index in [2.05, 4.69) is 5.32 Å². The lowest BCUT2D eigenvalue weighted by Gasteiger charge is -2.07. The minimum Gasteiger partial charge on any atom is -0.394 e. The van der Waals surface area contributed by atoms with Crippen LogP contribution in [0.1, 0.15) is 10.4 Å². The summed E-state index contributed by atoms with van der Waals surface area (Å²) >= 11 is 1.35. The van der Waals surface area contributed by atoms with Crippen molar-refractivity contribution in [3.63, 3.8) is 0 Å². The molecule has 0 aromatic heterocycles. The number of amides is 1. The Bertz CT molecular complexity index is 475. The second kappa shape index (κ2) is 4.87. The van der Waals surface area contributed by atoms with Crippen LogP contribution >= 0.6 is 11.8 Å². The van der Waals surface area contributed by atoms with Crippen LogP contribution in [0.15, 0.2) is 23.1 Å². The van der Waals surface area contributed by atoms with Crippen molar-refractivity contribution >= 4 is 29.1 Å². The summed E-state index contributed by atoms with van der Waals surface area (Å²) in [5, 5.41) is 20.3. The van der Waals surface area contributed by atoms with Crippen LogP contribution in [0.4, 0.5) is 5.69 Å². The first-order valence-corrected chi connectivity index (χ1v) is 6.02. The molecular formula is C11H11NO4S. The molecule has 0 spiro atoms. The number of rotatable bonds is 4. The second-order valence-electron chi connectivity index (χ2n) is 3.64. The van der Waals surface area contributed by atoms with E-state index in [0.29, 0.717) is 17.0 Å². The summed E-state index contributed by atoms with van der Waals surface area (Å²) in [7, 11) is 0. The van der Waals surface area contributed by atoms with Gasteiger partial charge in [0.05, 0.1) is 24.0 Å². The normalized spacial score (nSPS) is 15.6. The van der Waals surface area contributed by atoms with Crippen LogP contribution < -0.4 is 5.32 Å². The highest BCUT2D eigenvalue weighted by atomic mass is 32.2. The van der Waals surface area contributed by atoms with Gasteiger partial charge in [-0.25, -0.2) is 0 Å². The number of ketones is 1. The Morgan fingerprint density at radius 1 is 1.35 bits per heavy atom. The van der Waals surface area contributed by atoms with Gasteiger partial charge >= 0.3 is 0 Å². The third-order valence-corrected chi connectivity index (χ3v) is 3.48. The SMILES string of the molecule is O=C1Nc2cc(SCC(O)CO)ccc2C1=O. The smallest absolute Gasteiger partial charge is 0.296 e. The zero-order chi connectivity index (χ0) is 12.4. The van der Waals surface area contributed by atoms with Gasteiger partial charge in [0.15, 0.2) is 0 Å². The third kappa shape index (κ3) is 2.49. The Labute approximate surface area is 102 Å². The topological polar surface area (TPSA) is 86.6 Å². The van der Waals surface area contributed by atoms with Gasteiger partial charge in [-0.05, 0) is 18.2 Å². The zero-order valence-corrected chi connectivity index (χ0v) is 9.66. The Hall–Kier alpha value is -1.37. The number of thioether (sulfide) groups is 1. The molecule has 0 fully saturated rings. The Morgan fingerprint density at radius 2 is 2.12 bits per heavy atom. The summed E-state index contributed by atoms with van der Waals surface area (Å²) in [6, 6.07) is 4.99. The van der Waals surface area contributed by atoms with Gasteiger partial charge < -0.3 is 15.5 Å². The second-order valence-corrected chi connectivity index (χ2v) is 4.73. The largest absolute Gasteiger partial charge is 0.394 e. The van der Waals surface area contributed by atoms with Crippen LogP contribution in [-0.2, 0) is 4.79 Å². The van der Waals surface area contributed by atoms with Gasteiger partial charge in [0.2, 0.25) is 0 Å². The van der Waals surface area contributed by atoms with Crippen LogP contribution in [0, 0.1) is 0 Å². The number of hydrogen-bond acceptors (Lipinski definition) is 5. The van der Waals surface area contributed by atoms with Gasteiger partial charge in [0.1, 0.15) is 0 Å². The van der Waals surface area contributed by atoms with E-state index >= 15 is 0 Å². The first-order chi connectivity index (χ1) is 8.11. The zero-order valence-electron chi connectivity index (χ0n) is 8.84. The molecule has 6 heteroatoms. The average molecular weight is 253 g/mol. The summed E-state index contributed by atoms with van der Waals surface area (Å²) < 4.78 is 0. The van der Waals surface area contributed by atoms with Gasteiger partial charge in [0.25, 0.3) is 11.7 Å². The lowest BCUT2D eigenvalue weighted by atomic mass is 10.1. The highest BCUT2D eigenvalue weighted by molar-refractivity contribution is 7.99. The Morgan fingerprint density at radius 3 is 2.82 bits per heavy atom. The number of Topliss-reactive ketones (excluding diaryl/α,β-unsaturated/α-hetero) is 1. The fourth-order valence-electron chi connectivity index (χ4n) is 1.46. The van der Waals surface area contributed by atoms with Crippen LogP contribution in [0.5, 0.6) is 0 Å². The number of nitrogens with one attached hydrogen (secondary N) is 1. The fourth-order valence-corrected chi connectivity index (χ4v) is 2.32. The van der Waals surface area contributed by atoms with Crippen molar-refractivity contribution < 1.29 is 19.8 Å². The molecule has 2 rings (SSSR count). The third-order valence-electron chi connectivity index (χ3n) is 2.34. The standard InChI is InChI=1S/C11H11NO4S/c13-4-6(14)5-17-7-1-2-8-9(3-7)12-11(16)10(8)15/h1-3,6,13-14H,4-5H2,(H,12,15,16). The maximum atomic E-state index is 11.3. The van der Waals surface area contributed by atoms with Crippen molar-refractivity contribution in [2.24, 2.45) is 0 Å². The molecule has 0 aliphatic carbocycles. The molecule has 0 radical (unpaired) electrons. The summed E-state index contributed by atoms with van der Waals surface area (Å²) in [6.07, 6.45) is -0.774. The van der Waals surface area contributed by atoms with E-state index < -0.39 is 17.8 Å². The van der Waals surface area contributed by atoms with E-state index in [0.717, 1.165) is 4.90 Å². The molecule has 1 atom stereocenters. The molecule has 1 unspecified atom stereocenters. The predicted molar refractivity (Wildman–Crippen MR) is 63.2 cm³/mol. The van der Waals surface area contributed by atoms with Gasteiger partial charge in [-0.15, -0.1) is 11.8 Å². The molecule has 0 saturated heterocycles. The lowest BCUT2D eigenvalue weighted by Crippen LogP contribution is -2.14. The van der Waals surface area contributed by atoms with Crippen LogP contribution in [0.25, 0.3) is 0 Å². The molecule has 17 heavy (non-hydrogen) atoms. The van der Waals surface area contributed by atoms with E-state index in [9.17, 15) is 14.7 Å². The van der Waals surface area contributed by atoms with E-state index in [1.54, 1.807) is 18.2 Å². The molecule has 1 amide bonds. The number of hydrogen-bond donors (Lipinski definition) is 3. The van der Waals surface area contributed by atoms with E-state index in [1.165, 1.54) is 11.8 Å². The van der Waals surface area contributed by atoms with E-state index in [4.69, 9.17) is 5.11 Å². The quantitative estimate of drug-likeness (QED) is 0.529. The molecule has 0 saturated carbocycles. The number of anilines is 1. The van der Waals surface area contributed by atoms with Crippen molar-refractivity contribution in [3.8, 4) is 0 Å². The highest BCUT2D eigenvalue weighted by Gasteiger charge is 2.27. The monoisotopic (exact) mass is 253 g/mol. The summed E-state index contributed by atoms with van der Waals surface area (Å²) in [4.78, 5) is 23.3. The minimum absolute atomic E-state index is 0.285. The van der Waals surface area contributed by atoms with Gasteiger partial charge in [-0.1, -0.05) is 0 Å². The summed E-state index contributed by atoms with van der Waals surface area (Å²) in [6.45, 7) is -0.285. The molecule has 1 aromatic carbocycles. The van der Waals surface area contributed by atoms with Crippen molar-refractivity contribution in [1.29, 1.82) is 0 Å². The number of carbonyl (C=O) groups is 2. The maximum Gasteiger partial charge on any atom is 0.296 e. The fraction of sp³-hybridized carbons (Fsp3) is 0.273. The highest BCUT2D eigenvalue weighted by Crippen LogP contribution is 2.29. The predicted octanol–water partition coefficient (Wildman–Crippen LogP) is 0.267. The van der Waals surface area contributed by atoms with Gasteiger partial charge in [-0.2, -0.15) is 0 Å².